The minimum absolute atomic E-state index is 0.145. The summed E-state index contributed by atoms with van der Waals surface area (Å²) in [6.07, 6.45) is -0.622. The van der Waals surface area contributed by atoms with Crippen LogP contribution in [-0.4, -0.2) is 85.5 Å². The van der Waals surface area contributed by atoms with Crippen LogP contribution in [0.2, 0.25) is 0 Å². The molecule has 1 fully saturated rings. The second-order valence-electron chi connectivity index (χ2n) is 7.26. The summed E-state index contributed by atoms with van der Waals surface area (Å²) in [6, 6.07) is 4.83. The monoisotopic (exact) mass is 435 g/mol. The summed E-state index contributed by atoms with van der Waals surface area (Å²) >= 11 is 1.68. The molecule has 1 N–H and O–H groups in total. The number of hydrogen-bond acceptors (Lipinski definition) is 9. The van der Waals surface area contributed by atoms with Gasteiger partial charge >= 0.3 is 5.97 Å². The van der Waals surface area contributed by atoms with Crippen molar-refractivity contribution < 1.29 is 24.1 Å². The molecule has 1 aromatic heterocycles. The van der Waals surface area contributed by atoms with Crippen LogP contribution in [0.15, 0.2) is 23.6 Å². The number of carbonyl (C=O) groups is 1. The van der Waals surface area contributed by atoms with Gasteiger partial charge in [-0.15, -0.1) is 11.3 Å². The van der Waals surface area contributed by atoms with Crippen molar-refractivity contribution in [1.29, 1.82) is 0 Å². The summed E-state index contributed by atoms with van der Waals surface area (Å²) in [5.74, 6) is 0.465. The third-order valence-electron chi connectivity index (χ3n) is 5.00. The lowest BCUT2D eigenvalue weighted by Gasteiger charge is -2.35. The molecule has 9 heteroatoms. The quantitative estimate of drug-likeness (QED) is 0.597. The van der Waals surface area contributed by atoms with Crippen molar-refractivity contribution in [2.24, 2.45) is 0 Å². The number of aliphatic hydroxyl groups is 1. The van der Waals surface area contributed by atoms with E-state index in [9.17, 15) is 9.90 Å². The predicted molar refractivity (Wildman–Crippen MR) is 114 cm³/mol. The second kappa shape index (κ2) is 10.7. The lowest BCUT2D eigenvalue weighted by atomic mass is 10.2. The van der Waals surface area contributed by atoms with E-state index in [-0.39, 0.29) is 6.61 Å². The van der Waals surface area contributed by atoms with Crippen LogP contribution < -0.4 is 9.47 Å². The maximum absolute atomic E-state index is 11.6. The number of esters is 1. The third-order valence-corrected chi connectivity index (χ3v) is 5.82. The van der Waals surface area contributed by atoms with E-state index in [1.54, 1.807) is 29.5 Å². The summed E-state index contributed by atoms with van der Waals surface area (Å²) in [7, 11) is 2.83. The molecule has 0 saturated carbocycles. The first-order valence-corrected chi connectivity index (χ1v) is 10.8. The summed E-state index contributed by atoms with van der Waals surface area (Å²) in [5, 5.41) is 13.6. The van der Waals surface area contributed by atoms with Crippen LogP contribution >= 0.6 is 11.3 Å². The maximum atomic E-state index is 11.6. The van der Waals surface area contributed by atoms with Gasteiger partial charge in [-0.25, -0.2) is 9.78 Å². The Morgan fingerprint density at radius 2 is 1.93 bits per heavy atom. The van der Waals surface area contributed by atoms with Crippen molar-refractivity contribution in [2.45, 2.75) is 19.6 Å². The minimum atomic E-state index is -0.622. The number of β-amino-alcohol motifs (C(OH)–C–C–N with tert-alkyl or cyclic N) is 1. The number of piperazine rings is 1. The molecule has 0 bridgehead atoms. The van der Waals surface area contributed by atoms with E-state index >= 15 is 0 Å². The van der Waals surface area contributed by atoms with Gasteiger partial charge in [0.25, 0.3) is 0 Å². The smallest absolute Gasteiger partial charge is 0.337 e. The number of rotatable bonds is 9. The van der Waals surface area contributed by atoms with Crippen molar-refractivity contribution in [1.82, 2.24) is 14.8 Å². The Kier molecular flexibility index (Phi) is 8.03. The van der Waals surface area contributed by atoms with Crippen molar-refractivity contribution in [2.75, 3.05) is 53.6 Å². The lowest BCUT2D eigenvalue weighted by molar-refractivity contribution is 0.0438. The Balaban J connectivity index is 1.43. The van der Waals surface area contributed by atoms with Gasteiger partial charge in [0.2, 0.25) is 0 Å². The molecule has 0 aliphatic carbocycles. The molecular weight excluding hydrogens is 406 g/mol. The van der Waals surface area contributed by atoms with Crippen molar-refractivity contribution in [3.8, 4) is 11.5 Å². The Morgan fingerprint density at radius 1 is 1.20 bits per heavy atom. The number of aliphatic hydroxyl groups excluding tert-OH is 1. The van der Waals surface area contributed by atoms with Gasteiger partial charge in [0, 0.05) is 44.6 Å². The number of benzene rings is 1. The molecule has 3 rings (SSSR count). The summed E-state index contributed by atoms with van der Waals surface area (Å²) in [4.78, 5) is 20.8. The predicted octanol–water partition coefficient (Wildman–Crippen LogP) is 1.80. The summed E-state index contributed by atoms with van der Waals surface area (Å²) in [5.41, 5.74) is 1.51. The molecule has 30 heavy (non-hydrogen) atoms. The third kappa shape index (κ3) is 6.15. The van der Waals surface area contributed by atoms with Crippen molar-refractivity contribution in [3.63, 3.8) is 0 Å². The first-order valence-electron chi connectivity index (χ1n) is 9.91. The van der Waals surface area contributed by atoms with E-state index in [4.69, 9.17) is 14.2 Å². The van der Waals surface area contributed by atoms with E-state index in [0.29, 0.717) is 23.6 Å². The average Bonchev–Trinajstić information content (AvgIpc) is 3.17. The van der Waals surface area contributed by atoms with Crippen LogP contribution in [0.5, 0.6) is 11.5 Å². The highest BCUT2D eigenvalue weighted by Crippen LogP contribution is 2.28. The van der Waals surface area contributed by atoms with Gasteiger partial charge in [-0.3, -0.25) is 9.80 Å². The van der Waals surface area contributed by atoms with Crippen LogP contribution in [0.25, 0.3) is 0 Å². The molecule has 1 aliphatic heterocycles. The van der Waals surface area contributed by atoms with Gasteiger partial charge in [0.1, 0.15) is 12.7 Å². The van der Waals surface area contributed by atoms with Crippen LogP contribution in [0.1, 0.15) is 21.1 Å². The van der Waals surface area contributed by atoms with Gasteiger partial charge in [0.05, 0.1) is 30.5 Å². The highest BCUT2D eigenvalue weighted by molar-refractivity contribution is 7.09. The van der Waals surface area contributed by atoms with E-state index < -0.39 is 12.1 Å². The molecule has 2 heterocycles. The van der Waals surface area contributed by atoms with Crippen LogP contribution in [0, 0.1) is 6.92 Å². The fourth-order valence-electron chi connectivity index (χ4n) is 3.41. The van der Waals surface area contributed by atoms with Crippen LogP contribution in [0.3, 0.4) is 0 Å². The zero-order valence-corrected chi connectivity index (χ0v) is 18.5. The summed E-state index contributed by atoms with van der Waals surface area (Å²) < 4.78 is 15.7. The standard InChI is InChI=1S/C21H29N3O5S/c1-15-22-17(14-30-15)11-23-6-8-24(9-7-23)12-18(25)13-29-19-5-4-16(21(26)28-3)10-20(19)27-2/h4-5,10,14,18,25H,6-9,11-13H2,1-3H3. The number of ether oxygens (including phenoxy) is 3. The number of methoxy groups -OCH3 is 2. The van der Waals surface area contributed by atoms with Crippen LogP contribution in [0.4, 0.5) is 0 Å². The molecule has 1 unspecified atom stereocenters. The van der Waals surface area contributed by atoms with Crippen LogP contribution in [-0.2, 0) is 11.3 Å². The van der Waals surface area contributed by atoms with Gasteiger partial charge in [0.15, 0.2) is 11.5 Å². The molecule has 164 valence electrons. The Bertz CT molecular complexity index is 836. The fourth-order valence-corrected chi connectivity index (χ4v) is 4.01. The van der Waals surface area contributed by atoms with E-state index in [2.05, 4.69) is 20.2 Å². The number of hydrogen-bond donors (Lipinski definition) is 1. The molecular formula is C21H29N3O5S. The Morgan fingerprint density at radius 3 is 2.57 bits per heavy atom. The van der Waals surface area contributed by atoms with Crippen molar-refractivity contribution >= 4 is 17.3 Å². The molecule has 0 amide bonds. The second-order valence-corrected chi connectivity index (χ2v) is 8.32. The molecule has 1 saturated heterocycles. The highest BCUT2D eigenvalue weighted by Gasteiger charge is 2.20. The molecule has 1 aliphatic rings. The largest absolute Gasteiger partial charge is 0.493 e. The minimum Gasteiger partial charge on any atom is -0.493 e. The topological polar surface area (TPSA) is 84.4 Å². The number of nitrogens with zero attached hydrogens (tertiary/aromatic N) is 3. The van der Waals surface area contributed by atoms with Gasteiger partial charge in [-0.2, -0.15) is 0 Å². The number of carbonyl (C=O) groups excluding carboxylic acids is 1. The molecule has 8 nitrogen and oxygen atoms in total. The van der Waals surface area contributed by atoms with Gasteiger partial charge in [-0.05, 0) is 25.1 Å². The van der Waals surface area contributed by atoms with E-state index in [1.165, 1.54) is 14.2 Å². The highest BCUT2D eigenvalue weighted by atomic mass is 32.1. The zero-order valence-electron chi connectivity index (χ0n) is 17.7. The number of thiazole rings is 1. The number of aryl methyl sites for hydroxylation is 1. The Hall–Kier alpha value is -2.20. The molecule has 0 radical (unpaired) electrons. The van der Waals surface area contributed by atoms with Gasteiger partial charge in [-0.1, -0.05) is 0 Å². The zero-order chi connectivity index (χ0) is 21.5. The molecule has 2 aromatic rings. The molecule has 1 atom stereocenters. The Labute approximate surface area is 181 Å². The summed E-state index contributed by atoms with van der Waals surface area (Å²) in [6.45, 7) is 7.30. The van der Waals surface area contributed by atoms with Crippen molar-refractivity contribution in [3.05, 3.63) is 39.8 Å². The number of aromatic nitrogens is 1. The fraction of sp³-hybridized carbons (Fsp3) is 0.524. The first-order chi connectivity index (χ1) is 14.5. The first kappa shape index (κ1) is 22.5. The molecule has 0 spiro atoms. The van der Waals surface area contributed by atoms with E-state index in [1.807, 2.05) is 6.92 Å². The van der Waals surface area contributed by atoms with E-state index in [0.717, 1.165) is 43.4 Å². The maximum Gasteiger partial charge on any atom is 0.337 e. The van der Waals surface area contributed by atoms with Gasteiger partial charge < -0.3 is 19.3 Å². The molecule has 1 aromatic carbocycles. The average molecular weight is 436 g/mol. The SMILES string of the molecule is COC(=O)c1ccc(OCC(O)CN2CCN(Cc3csc(C)n3)CC2)c(OC)c1. The lowest BCUT2D eigenvalue weighted by Crippen LogP contribution is -2.48. The normalized spacial score (nSPS) is 16.3.